The Morgan fingerprint density at radius 2 is 2.06 bits per heavy atom. The second kappa shape index (κ2) is 4.93. The Hall–Kier alpha value is -1.01. The van der Waals surface area contributed by atoms with Crippen molar-refractivity contribution in [2.45, 2.75) is 12.1 Å². The molecular weight excluding hydrogens is 332 g/mol. The predicted molar refractivity (Wildman–Crippen MR) is 65.8 cm³/mol. The molecule has 2 aromatic rings. The maximum absolute atomic E-state index is 13.0. The molecule has 0 aliphatic heterocycles. The highest BCUT2D eigenvalue weighted by atomic mass is 79.9. The molecule has 0 bridgehead atoms. The van der Waals surface area contributed by atoms with Crippen LogP contribution in [0.2, 0.25) is 0 Å². The lowest BCUT2D eigenvalue weighted by Gasteiger charge is -2.12. The van der Waals surface area contributed by atoms with E-state index in [1.807, 2.05) is 0 Å². The molecule has 0 saturated heterocycles. The third-order valence-electron chi connectivity index (χ3n) is 2.31. The molecule has 0 atom stereocenters. The summed E-state index contributed by atoms with van der Waals surface area (Å²) in [6.45, 7) is 0. The Labute approximate surface area is 114 Å². The van der Waals surface area contributed by atoms with Crippen molar-refractivity contribution in [2.75, 3.05) is 0 Å². The van der Waals surface area contributed by atoms with E-state index in [0.29, 0.717) is 10.2 Å². The van der Waals surface area contributed by atoms with Crippen LogP contribution in [0.4, 0.5) is 13.2 Å². The average molecular weight is 340 g/mol. The molecule has 0 saturated carbocycles. The van der Waals surface area contributed by atoms with Crippen molar-refractivity contribution in [2.24, 2.45) is 0 Å². The molecule has 0 aliphatic rings. The summed E-state index contributed by atoms with van der Waals surface area (Å²) in [5, 5.41) is 3.76. The summed E-state index contributed by atoms with van der Waals surface area (Å²) in [7, 11) is 0. The maximum Gasteiger partial charge on any atom is 0.433 e. The van der Waals surface area contributed by atoms with Gasteiger partial charge in [-0.15, -0.1) is 11.6 Å². The molecule has 18 heavy (non-hydrogen) atoms. The first-order valence-corrected chi connectivity index (χ1v) is 6.22. The van der Waals surface area contributed by atoms with E-state index in [1.165, 1.54) is 0 Å². The van der Waals surface area contributed by atoms with Gasteiger partial charge in [0.15, 0.2) is 5.69 Å². The number of alkyl halides is 4. The average Bonchev–Trinajstić information content (AvgIpc) is 2.72. The van der Waals surface area contributed by atoms with Gasteiger partial charge in [0.1, 0.15) is 0 Å². The van der Waals surface area contributed by atoms with Crippen LogP contribution in [-0.4, -0.2) is 9.78 Å². The molecular formula is C11H7BrClF3N2. The SMILES string of the molecule is FC(F)(F)c1c(CCl)cnn1-c1cccc(Br)c1. The minimum atomic E-state index is -4.50. The van der Waals surface area contributed by atoms with Crippen molar-refractivity contribution in [3.05, 3.63) is 46.2 Å². The second-order valence-electron chi connectivity index (χ2n) is 3.54. The van der Waals surface area contributed by atoms with Gasteiger partial charge in [-0.25, -0.2) is 4.68 Å². The van der Waals surface area contributed by atoms with Crippen LogP contribution in [0.1, 0.15) is 11.3 Å². The first kappa shape index (κ1) is 13.4. The summed E-state index contributed by atoms with van der Waals surface area (Å²) >= 11 is 8.72. The van der Waals surface area contributed by atoms with Gasteiger partial charge in [-0.1, -0.05) is 22.0 Å². The van der Waals surface area contributed by atoms with Crippen LogP contribution >= 0.6 is 27.5 Å². The molecule has 1 heterocycles. The van der Waals surface area contributed by atoms with Crippen LogP contribution in [0.15, 0.2) is 34.9 Å². The summed E-state index contributed by atoms with van der Waals surface area (Å²) in [5.74, 6) is -0.233. The number of hydrogen-bond acceptors (Lipinski definition) is 1. The topological polar surface area (TPSA) is 17.8 Å². The zero-order valence-corrected chi connectivity index (χ0v) is 11.2. The largest absolute Gasteiger partial charge is 0.433 e. The minimum Gasteiger partial charge on any atom is -0.228 e. The smallest absolute Gasteiger partial charge is 0.228 e. The van der Waals surface area contributed by atoms with Crippen molar-refractivity contribution in [3.8, 4) is 5.69 Å². The van der Waals surface area contributed by atoms with Gasteiger partial charge < -0.3 is 0 Å². The maximum atomic E-state index is 13.0. The monoisotopic (exact) mass is 338 g/mol. The first-order chi connectivity index (χ1) is 8.43. The Balaban J connectivity index is 2.62. The van der Waals surface area contributed by atoms with Gasteiger partial charge in [-0.2, -0.15) is 18.3 Å². The lowest BCUT2D eigenvalue weighted by Crippen LogP contribution is -2.15. The van der Waals surface area contributed by atoms with Crippen molar-refractivity contribution >= 4 is 27.5 Å². The number of rotatable bonds is 2. The number of halogens is 5. The van der Waals surface area contributed by atoms with Gasteiger partial charge >= 0.3 is 6.18 Å². The highest BCUT2D eigenvalue weighted by Gasteiger charge is 2.38. The number of hydrogen-bond donors (Lipinski definition) is 0. The fourth-order valence-electron chi connectivity index (χ4n) is 1.59. The van der Waals surface area contributed by atoms with Crippen LogP contribution in [0, 0.1) is 0 Å². The van der Waals surface area contributed by atoms with E-state index in [2.05, 4.69) is 21.0 Å². The second-order valence-corrected chi connectivity index (χ2v) is 4.72. The summed E-state index contributed by atoms with van der Waals surface area (Å²) < 4.78 is 40.5. The third kappa shape index (κ3) is 2.54. The molecule has 1 aromatic carbocycles. The first-order valence-electron chi connectivity index (χ1n) is 4.89. The van der Waals surface area contributed by atoms with Crippen LogP contribution < -0.4 is 0 Å². The van der Waals surface area contributed by atoms with Crippen molar-refractivity contribution in [3.63, 3.8) is 0 Å². The number of nitrogens with zero attached hydrogens (tertiary/aromatic N) is 2. The molecule has 0 fully saturated rings. The molecule has 2 rings (SSSR count). The van der Waals surface area contributed by atoms with Crippen molar-refractivity contribution in [1.82, 2.24) is 9.78 Å². The van der Waals surface area contributed by atoms with Crippen LogP contribution in [0.3, 0.4) is 0 Å². The summed E-state index contributed by atoms with van der Waals surface area (Å²) in [6, 6.07) is 6.47. The Morgan fingerprint density at radius 1 is 1.33 bits per heavy atom. The molecule has 0 amide bonds. The van der Waals surface area contributed by atoms with Crippen LogP contribution in [-0.2, 0) is 12.1 Å². The van der Waals surface area contributed by atoms with Crippen LogP contribution in [0.25, 0.3) is 5.69 Å². The number of aromatic nitrogens is 2. The molecule has 7 heteroatoms. The molecule has 96 valence electrons. The minimum absolute atomic E-state index is 0.0378. The molecule has 0 radical (unpaired) electrons. The Bertz CT molecular complexity index is 566. The fourth-order valence-corrected chi connectivity index (χ4v) is 2.17. The Kier molecular flexibility index (Phi) is 3.68. The van der Waals surface area contributed by atoms with Gasteiger partial charge in [-0.3, -0.25) is 0 Å². The molecule has 0 N–H and O–H groups in total. The van der Waals surface area contributed by atoms with Crippen molar-refractivity contribution in [1.29, 1.82) is 0 Å². The normalized spacial score (nSPS) is 11.8. The van der Waals surface area contributed by atoms with E-state index in [9.17, 15) is 13.2 Å². The zero-order valence-electron chi connectivity index (χ0n) is 8.88. The highest BCUT2D eigenvalue weighted by molar-refractivity contribution is 9.10. The summed E-state index contributed by atoms with van der Waals surface area (Å²) in [6.07, 6.45) is -3.36. The lowest BCUT2D eigenvalue weighted by atomic mass is 10.2. The van der Waals surface area contributed by atoms with Gasteiger partial charge in [0, 0.05) is 10.0 Å². The lowest BCUT2D eigenvalue weighted by molar-refractivity contribution is -0.143. The van der Waals surface area contributed by atoms with E-state index in [-0.39, 0.29) is 11.4 Å². The molecule has 2 nitrogen and oxygen atoms in total. The van der Waals surface area contributed by atoms with E-state index < -0.39 is 11.9 Å². The highest BCUT2D eigenvalue weighted by Crippen LogP contribution is 2.34. The standard InChI is InChI=1S/C11H7BrClF3N2/c12-8-2-1-3-9(4-8)18-10(11(14,15)16)7(5-13)6-17-18/h1-4,6H,5H2. The van der Waals surface area contributed by atoms with Gasteiger partial charge in [-0.05, 0) is 18.2 Å². The zero-order chi connectivity index (χ0) is 13.3. The van der Waals surface area contributed by atoms with E-state index in [0.717, 1.165) is 10.9 Å². The van der Waals surface area contributed by atoms with Gasteiger partial charge in [0.05, 0.1) is 17.8 Å². The predicted octanol–water partition coefficient (Wildman–Crippen LogP) is 4.39. The quantitative estimate of drug-likeness (QED) is 0.742. The van der Waals surface area contributed by atoms with E-state index >= 15 is 0 Å². The van der Waals surface area contributed by atoms with Crippen molar-refractivity contribution < 1.29 is 13.2 Å². The Morgan fingerprint density at radius 3 is 2.61 bits per heavy atom. The van der Waals surface area contributed by atoms with E-state index in [4.69, 9.17) is 11.6 Å². The van der Waals surface area contributed by atoms with Crippen LogP contribution in [0.5, 0.6) is 0 Å². The molecule has 0 aliphatic carbocycles. The van der Waals surface area contributed by atoms with Gasteiger partial charge in [0.25, 0.3) is 0 Å². The van der Waals surface area contributed by atoms with E-state index in [1.54, 1.807) is 24.3 Å². The summed E-state index contributed by atoms with van der Waals surface area (Å²) in [5.41, 5.74) is -0.548. The third-order valence-corrected chi connectivity index (χ3v) is 3.09. The molecule has 1 aromatic heterocycles. The summed E-state index contributed by atoms with van der Waals surface area (Å²) in [4.78, 5) is 0. The fraction of sp³-hybridized carbons (Fsp3) is 0.182. The number of benzene rings is 1. The van der Waals surface area contributed by atoms with Gasteiger partial charge in [0.2, 0.25) is 0 Å². The molecule has 0 unspecified atom stereocenters. The molecule has 0 spiro atoms.